The Morgan fingerprint density at radius 2 is 1.67 bits per heavy atom. The Kier molecular flexibility index (Phi) is 6.81. The zero-order valence-electron chi connectivity index (χ0n) is 18.9. The molecule has 0 unspecified atom stereocenters. The summed E-state index contributed by atoms with van der Waals surface area (Å²) < 4.78 is 13.2. The molecule has 5 rings (SSSR count). The largest absolute Gasteiger partial charge is 0.460 e. The van der Waals surface area contributed by atoms with Gasteiger partial charge in [0.2, 0.25) is 6.29 Å². The quantitative estimate of drug-likeness (QED) is 0.295. The number of carbonyl (C=O) groups is 1. The van der Waals surface area contributed by atoms with Crippen molar-refractivity contribution in [2.24, 2.45) is 0 Å². The Hall–Kier alpha value is -3.24. The molecule has 2 heterocycles. The lowest BCUT2D eigenvalue weighted by Gasteiger charge is -2.39. The maximum absolute atomic E-state index is 13.3. The maximum atomic E-state index is 13.3. The minimum absolute atomic E-state index is 0.161. The molecular weight excluding hydrogens is 486 g/mol. The Morgan fingerprint density at radius 3 is 2.42 bits per heavy atom. The molecule has 186 valence electrons. The summed E-state index contributed by atoms with van der Waals surface area (Å²) in [4.78, 5) is 13.3. The van der Waals surface area contributed by atoms with Crippen LogP contribution >= 0.6 is 11.6 Å². The molecule has 4 aromatic rings. The average Bonchev–Trinajstić information content (AvgIpc) is 3.26. The van der Waals surface area contributed by atoms with Crippen LogP contribution in [0.3, 0.4) is 0 Å². The second-order valence-corrected chi connectivity index (χ2v) is 8.99. The van der Waals surface area contributed by atoms with Gasteiger partial charge in [-0.2, -0.15) is 0 Å². The van der Waals surface area contributed by atoms with Crippen LogP contribution in [0.4, 0.5) is 0 Å². The average molecular weight is 510 g/mol. The third-order valence-electron chi connectivity index (χ3n) is 6.27. The predicted molar refractivity (Wildman–Crippen MR) is 133 cm³/mol. The molecule has 4 N–H and O–H groups in total. The summed E-state index contributed by atoms with van der Waals surface area (Å²) in [5.41, 5.74) is 2.22. The third-order valence-corrected chi connectivity index (χ3v) is 6.50. The number of rotatable bonds is 6. The van der Waals surface area contributed by atoms with Crippen LogP contribution in [-0.2, 0) is 4.74 Å². The Morgan fingerprint density at radius 1 is 0.944 bits per heavy atom. The van der Waals surface area contributed by atoms with Gasteiger partial charge in [0.1, 0.15) is 30.2 Å². The van der Waals surface area contributed by atoms with Gasteiger partial charge in [-0.3, -0.25) is 4.79 Å². The van der Waals surface area contributed by atoms with E-state index in [0.29, 0.717) is 32.7 Å². The zero-order valence-corrected chi connectivity index (χ0v) is 19.7. The number of fused-ring (bicyclic) bond motifs is 1. The van der Waals surface area contributed by atoms with Crippen molar-refractivity contribution in [2.75, 3.05) is 6.61 Å². The normalized spacial score (nSPS) is 24.1. The van der Waals surface area contributed by atoms with Crippen molar-refractivity contribution in [3.8, 4) is 11.4 Å². The highest BCUT2D eigenvalue weighted by molar-refractivity contribution is 6.31. The molecule has 0 saturated carbocycles. The number of ether oxygens (including phenoxy) is 2. The van der Waals surface area contributed by atoms with Crippen molar-refractivity contribution < 1.29 is 34.7 Å². The van der Waals surface area contributed by atoms with Gasteiger partial charge in [-0.1, -0.05) is 54.1 Å². The van der Waals surface area contributed by atoms with E-state index in [1.54, 1.807) is 71.4 Å². The molecule has 36 heavy (non-hydrogen) atoms. The maximum Gasteiger partial charge on any atom is 0.229 e. The van der Waals surface area contributed by atoms with Gasteiger partial charge in [-0.05, 0) is 30.3 Å². The van der Waals surface area contributed by atoms with Crippen LogP contribution in [0.25, 0.3) is 16.6 Å². The van der Waals surface area contributed by atoms with Gasteiger partial charge in [0.15, 0.2) is 5.78 Å². The second kappa shape index (κ2) is 10.0. The number of aliphatic hydroxyl groups excluding tert-OH is 4. The molecule has 0 aliphatic carbocycles. The topological polar surface area (TPSA) is 121 Å². The van der Waals surface area contributed by atoms with Crippen molar-refractivity contribution in [2.45, 2.75) is 30.7 Å². The van der Waals surface area contributed by atoms with Crippen LogP contribution in [0.5, 0.6) is 5.75 Å². The highest BCUT2D eigenvalue weighted by atomic mass is 35.5. The number of aliphatic hydroxyl groups is 4. The molecule has 8 nitrogen and oxygen atoms in total. The molecule has 9 heteroatoms. The molecule has 5 atom stereocenters. The smallest absolute Gasteiger partial charge is 0.229 e. The Bertz CT molecular complexity index is 1390. The van der Waals surface area contributed by atoms with Gasteiger partial charge in [0.25, 0.3) is 0 Å². The first-order chi connectivity index (χ1) is 17.4. The van der Waals surface area contributed by atoms with Crippen LogP contribution < -0.4 is 4.74 Å². The molecule has 1 aliphatic heterocycles. The van der Waals surface area contributed by atoms with Crippen LogP contribution in [-0.4, -0.2) is 68.1 Å². The molecule has 0 spiro atoms. The van der Waals surface area contributed by atoms with E-state index in [1.807, 2.05) is 12.1 Å². The first-order valence-corrected chi connectivity index (χ1v) is 11.7. The first-order valence-electron chi connectivity index (χ1n) is 11.4. The lowest BCUT2D eigenvalue weighted by atomic mass is 9.99. The van der Waals surface area contributed by atoms with Gasteiger partial charge in [0.05, 0.1) is 24.0 Å². The first kappa shape index (κ1) is 24.5. The number of nitrogens with zero attached hydrogens (tertiary/aromatic N) is 1. The van der Waals surface area contributed by atoms with E-state index in [1.165, 1.54) is 0 Å². The highest BCUT2D eigenvalue weighted by Crippen LogP contribution is 2.36. The Labute approximate surface area is 211 Å². The van der Waals surface area contributed by atoms with Crippen molar-refractivity contribution in [3.63, 3.8) is 0 Å². The van der Waals surface area contributed by atoms with Crippen LogP contribution in [0.2, 0.25) is 5.02 Å². The van der Waals surface area contributed by atoms with Gasteiger partial charge < -0.3 is 34.5 Å². The number of hydrogen-bond donors (Lipinski definition) is 4. The van der Waals surface area contributed by atoms with Crippen LogP contribution in [0.1, 0.15) is 15.9 Å². The molecule has 1 aromatic heterocycles. The molecule has 0 amide bonds. The van der Waals surface area contributed by atoms with Gasteiger partial charge in [-0.15, -0.1) is 0 Å². The third kappa shape index (κ3) is 4.39. The van der Waals surface area contributed by atoms with E-state index in [9.17, 15) is 25.2 Å². The van der Waals surface area contributed by atoms with Crippen LogP contribution in [0.15, 0.2) is 79.0 Å². The van der Waals surface area contributed by atoms with E-state index in [4.69, 9.17) is 21.1 Å². The minimum atomic E-state index is -1.58. The van der Waals surface area contributed by atoms with Gasteiger partial charge in [-0.25, -0.2) is 0 Å². The number of ketones is 1. The summed E-state index contributed by atoms with van der Waals surface area (Å²) in [7, 11) is 0. The zero-order chi connectivity index (χ0) is 25.4. The van der Waals surface area contributed by atoms with Gasteiger partial charge >= 0.3 is 0 Å². The van der Waals surface area contributed by atoms with E-state index in [2.05, 4.69) is 0 Å². The fourth-order valence-electron chi connectivity index (χ4n) is 4.37. The molecule has 0 radical (unpaired) electrons. The second-order valence-electron chi connectivity index (χ2n) is 8.55. The molecular formula is C27H24ClNO7. The van der Waals surface area contributed by atoms with Crippen molar-refractivity contribution in [1.82, 2.24) is 4.57 Å². The lowest BCUT2D eigenvalue weighted by Crippen LogP contribution is -2.60. The minimum Gasteiger partial charge on any atom is -0.460 e. The lowest BCUT2D eigenvalue weighted by molar-refractivity contribution is -0.277. The number of para-hydroxylation sites is 1. The molecule has 1 aliphatic rings. The number of benzene rings is 3. The fourth-order valence-corrected chi connectivity index (χ4v) is 4.54. The summed E-state index contributed by atoms with van der Waals surface area (Å²) in [5.74, 6) is 0.124. The van der Waals surface area contributed by atoms with Crippen molar-refractivity contribution in [1.29, 1.82) is 0 Å². The fraction of sp³-hybridized carbons (Fsp3) is 0.222. The molecule has 1 fully saturated rings. The summed E-state index contributed by atoms with van der Waals surface area (Å²) in [5, 5.41) is 41.2. The van der Waals surface area contributed by atoms with Gasteiger partial charge in [0, 0.05) is 21.5 Å². The number of aromatic nitrogens is 1. The summed E-state index contributed by atoms with van der Waals surface area (Å²) in [6.45, 7) is -0.572. The SMILES string of the molecule is O=C(c1ccccc1)c1ccccc1-n1cc(O[C@H]2O[C@H](CO)[C@H](O)[C@H](O)[C@H]2O)c2ccc(Cl)cc21. The molecule has 0 bridgehead atoms. The molecule has 3 aromatic carbocycles. The number of halogens is 1. The summed E-state index contributed by atoms with van der Waals surface area (Å²) >= 11 is 6.30. The monoisotopic (exact) mass is 509 g/mol. The van der Waals surface area contributed by atoms with E-state index < -0.39 is 37.3 Å². The van der Waals surface area contributed by atoms with Crippen molar-refractivity contribution in [3.05, 3.63) is 95.1 Å². The summed E-state index contributed by atoms with van der Waals surface area (Å²) in [6.07, 6.45) is -5.48. The van der Waals surface area contributed by atoms with Crippen molar-refractivity contribution >= 4 is 28.3 Å². The van der Waals surface area contributed by atoms with E-state index >= 15 is 0 Å². The van der Waals surface area contributed by atoms with E-state index in [0.717, 1.165) is 0 Å². The highest BCUT2D eigenvalue weighted by Gasteiger charge is 2.45. The number of hydrogen-bond acceptors (Lipinski definition) is 7. The Balaban J connectivity index is 1.59. The standard InChI is InChI=1S/C27H24ClNO7/c28-16-10-11-17-20(12-16)29(13-21(17)35-27-26(34)25(33)24(32)22(14-30)36-27)19-9-5-4-8-18(19)23(31)15-6-2-1-3-7-15/h1-13,22,24-27,30,32-34H,14H2/t22-,24+,25+,26-,27+/m1/s1. The predicted octanol–water partition coefficient (Wildman–Crippen LogP) is 2.69. The summed E-state index contributed by atoms with van der Waals surface area (Å²) in [6, 6.07) is 21.2. The van der Waals surface area contributed by atoms with E-state index in [-0.39, 0.29) is 11.5 Å². The molecule has 1 saturated heterocycles. The number of carbonyl (C=O) groups excluding carboxylic acids is 1. The van der Waals surface area contributed by atoms with Crippen LogP contribution in [0, 0.1) is 0 Å².